The molecule has 0 spiro atoms. The highest BCUT2D eigenvalue weighted by Crippen LogP contribution is 2.38. The molecule has 4 bridgehead atoms. The number of rotatable bonds is 6. The van der Waals surface area contributed by atoms with Gasteiger partial charge in [0.2, 0.25) is 0 Å². The van der Waals surface area contributed by atoms with Crippen molar-refractivity contribution in [1.82, 2.24) is 14.9 Å². The molecule has 2 aromatic carbocycles. The zero-order valence-electron chi connectivity index (χ0n) is 25.2. The van der Waals surface area contributed by atoms with E-state index < -0.39 is 0 Å². The first-order valence-electron chi connectivity index (χ1n) is 15.9. The van der Waals surface area contributed by atoms with Crippen LogP contribution in [0, 0.1) is 0 Å². The third-order valence-corrected chi connectivity index (χ3v) is 9.79. The molecule has 0 radical (unpaired) electrons. The molecule has 44 heavy (non-hydrogen) atoms. The van der Waals surface area contributed by atoms with Gasteiger partial charge in [0.1, 0.15) is 11.6 Å². The number of likely N-dealkylation sites (N-methyl/N-ethyl adjacent to an activating group) is 1. The molecule has 5 aliphatic heterocycles. The van der Waals surface area contributed by atoms with Crippen molar-refractivity contribution < 1.29 is 14.3 Å². The van der Waals surface area contributed by atoms with Crippen molar-refractivity contribution in [1.29, 1.82) is 0 Å². The number of aromatic nitrogens is 2. The molecule has 11 heteroatoms. The van der Waals surface area contributed by atoms with Gasteiger partial charge in [-0.25, -0.2) is 14.8 Å². The van der Waals surface area contributed by atoms with E-state index in [4.69, 9.17) is 19.4 Å². The summed E-state index contributed by atoms with van der Waals surface area (Å²) in [6.45, 7) is 7.26. The van der Waals surface area contributed by atoms with Crippen molar-refractivity contribution in [2.24, 2.45) is 0 Å². The number of hydrogen-bond donors (Lipinski definition) is 2. The molecule has 8 rings (SSSR count). The number of nitrogens with zero attached hydrogens (tertiary/aromatic N) is 6. The van der Waals surface area contributed by atoms with E-state index in [1.165, 1.54) is 5.69 Å². The number of urea groups is 1. The molecular weight excluding hydrogens is 556 g/mol. The standard InChI is InChI=1S/C33H40N8O3/c1-38-12-14-39(15-13-38)25-8-6-24(7-9-25)35-33(42)34-23-4-2-22(3-5-23)32-36-30(40-18-29-16-28(40)21-44-29)17-31(37-32)41-26-10-11-27(41)20-43-19-26/h2-9,17,26-29H,10-16,18-21H2,1H3,(H2,34,35,42). The Morgan fingerprint density at radius 2 is 1.48 bits per heavy atom. The normalized spacial score (nSPS) is 26.3. The number of fused-ring (bicyclic) bond motifs is 4. The van der Waals surface area contributed by atoms with Gasteiger partial charge in [-0.15, -0.1) is 0 Å². The number of ether oxygens (including phenoxy) is 2. The van der Waals surface area contributed by atoms with Crippen molar-refractivity contribution in [3.8, 4) is 11.4 Å². The molecule has 0 aliphatic carbocycles. The van der Waals surface area contributed by atoms with Gasteiger partial charge in [0.15, 0.2) is 5.82 Å². The Balaban J connectivity index is 0.969. The number of amides is 2. The summed E-state index contributed by atoms with van der Waals surface area (Å²) >= 11 is 0. The van der Waals surface area contributed by atoms with E-state index in [2.05, 4.69) is 55.5 Å². The van der Waals surface area contributed by atoms with Crippen LogP contribution in [-0.2, 0) is 9.47 Å². The average molecular weight is 597 g/mol. The maximum absolute atomic E-state index is 12.8. The molecule has 4 unspecified atom stereocenters. The third kappa shape index (κ3) is 5.44. The number of anilines is 5. The van der Waals surface area contributed by atoms with E-state index >= 15 is 0 Å². The summed E-state index contributed by atoms with van der Waals surface area (Å²) in [6, 6.07) is 18.8. The monoisotopic (exact) mass is 596 g/mol. The Labute approximate surface area is 258 Å². The van der Waals surface area contributed by atoms with E-state index in [0.717, 1.165) is 94.7 Å². The SMILES string of the molecule is CN1CCN(c2ccc(NC(=O)Nc3ccc(-c4nc(N5CC6CC5CO6)cc(N5C6CCC5COC6)n4)cc3)cc2)CC1. The molecule has 230 valence electrons. The zero-order chi connectivity index (χ0) is 29.6. The lowest BCUT2D eigenvalue weighted by atomic mass is 10.2. The number of piperazine rings is 1. The van der Waals surface area contributed by atoms with E-state index in [1.807, 2.05) is 36.4 Å². The second kappa shape index (κ2) is 11.5. The second-order valence-electron chi connectivity index (χ2n) is 12.7. The minimum Gasteiger partial charge on any atom is -0.377 e. The highest BCUT2D eigenvalue weighted by molar-refractivity contribution is 6.00. The lowest BCUT2D eigenvalue weighted by molar-refractivity contribution is 0.0902. The molecule has 5 fully saturated rings. The summed E-state index contributed by atoms with van der Waals surface area (Å²) in [5.41, 5.74) is 3.56. The van der Waals surface area contributed by atoms with Crippen LogP contribution in [0.15, 0.2) is 54.6 Å². The van der Waals surface area contributed by atoms with E-state index in [0.29, 0.717) is 29.6 Å². The van der Waals surface area contributed by atoms with Gasteiger partial charge in [-0.1, -0.05) is 0 Å². The van der Waals surface area contributed by atoms with Gasteiger partial charge in [-0.2, -0.15) is 0 Å². The van der Waals surface area contributed by atoms with Gasteiger partial charge in [0.25, 0.3) is 0 Å². The first-order valence-corrected chi connectivity index (χ1v) is 15.9. The predicted octanol–water partition coefficient (Wildman–Crippen LogP) is 3.88. The van der Waals surface area contributed by atoms with Crippen LogP contribution in [0.3, 0.4) is 0 Å². The molecule has 11 nitrogen and oxygen atoms in total. The van der Waals surface area contributed by atoms with Crippen molar-refractivity contribution >= 4 is 34.7 Å². The van der Waals surface area contributed by atoms with E-state index in [1.54, 1.807) is 0 Å². The van der Waals surface area contributed by atoms with Crippen LogP contribution in [-0.4, -0.2) is 105 Å². The first-order chi connectivity index (χ1) is 21.6. The quantitative estimate of drug-likeness (QED) is 0.439. The summed E-state index contributed by atoms with van der Waals surface area (Å²) in [4.78, 5) is 32.5. The van der Waals surface area contributed by atoms with Crippen LogP contribution in [0.25, 0.3) is 11.4 Å². The molecule has 1 aromatic heterocycles. The Morgan fingerprint density at radius 3 is 2.11 bits per heavy atom. The second-order valence-corrected chi connectivity index (χ2v) is 12.7. The van der Waals surface area contributed by atoms with Gasteiger partial charge in [0.05, 0.1) is 44.1 Å². The fraction of sp³-hybridized carbons (Fsp3) is 0.485. The Hall–Kier alpha value is -3.93. The highest BCUT2D eigenvalue weighted by atomic mass is 16.5. The van der Waals surface area contributed by atoms with Gasteiger partial charge >= 0.3 is 6.03 Å². The summed E-state index contributed by atoms with van der Waals surface area (Å²) in [5.74, 6) is 2.64. The molecule has 2 N–H and O–H groups in total. The molecule has 5 aliphatic rings. The summed E-state index contributed by atoms with van der Waals surface area (Å²) in [6.07, 6.45) is 3.60. The Morgan fingerprint density at radius 1 is 0.818 bits per heavy atom. The largest absolute Gasteiger partial charge is 0.377 e. The topological polar surface area (TPSA) is 98.3 Å². The Kier molecular flexibility index (Phi) is 7.24. The average Bonchev–Trinajstić information content (AvgIpc) is 3.75. The van der Waals surface area contributed by atoms with Crippen LogP contribution < -0.4 is 25.3 Å². The van der Waals surface area contributed by atoms with Gasteiger partial charge in [-0.3, -0.25) is 0 Å². The van der Waals surface area contributed by atoms with Crippen molar-refractivity contribution in [2.45, 2.75) is 43.5 Å². The molecule has 5 saturated heterocycles. The number of nitrogens with one attached hydrogen (secondary N) is 2. The van der Waals surface area contributed by atoms with Gasteiger partial charge < -0.3 is 39.7 Å². The number of carbonyl (C=O) groups is 1. The summed E-state index contributed by atoms with van der Waals surface area (Å²) in [5, 5.41) is 5.91. The van der Waals surface area contributed by atoms with Gasteiger partial charge in [0, 0.05) is 61.4 Å². The molecule has 6 heterocycles. The number of hydrogen-bond acceptors (Lipinski definition) is 9. The van der Waals surface area contributed by atoms with Crippen LogP contribution in [0.5, 0.6) is 0 Å². The highest BCUT2D eigenvalue weighted by Gasteiger charge is 2.42. The summed E-state index contributed by atoms with van der Waals surface area (Å²) in [7, 11) is 2.15. The maximum atomic E-state index is 12.8. The summed E-state index contributed by atoms with van der Waals surface area (Å²) < 4.78 is 11.7. The fourth-order valence-electron chi connectivity index (χ4n) is 7.33. The van der Waals surface area contributed by atoms with E-state index in [9.17, 15) is 4.79 Å². The van der Waals surface area contributed by atoms with Crippen LogP contribution >= 0.6 is 0 Å². The van der Waals surface area contributed by atoms with Gasteiger partial charge in [-0.05, 0) is 74.8 Å². The number of morpholine rings is 2. The number of benzene rings is 2. The predicted molar refractivity (Wildman–Crippen MR) is 172 cm³/mol. The minimum atomic E-state index is -0.278. The molecule has 2 amide bonds. The lowest BCUT2D eigenvalue weighted by Crippen LogP contribution is -2.46. The first kappa shape index (κ1) is 27.6. The van der Waals surface area contributed by atoms with Crippen LogP contribution in [0.4, 0.5) is 33.5 Å². The zero-order valence-corrected chi connectivity index (χ0v) is 25.2. The minimum absolute atomic E-state index is 0.278. The Bertz CT molecular complexity index is 1480. The molecule has 4 atom stereocenters. The molecular formula is C33H40N8O3. The lowest BCUT2D eigenvalue weighted by Gasteiger charge is -2.36. The molecule has 3 aromatic rings. The van der Waals surface area contributed by atoms with Crippen molar-refractivity contribution in [2.75, 3.05) is 84.9 Å². The van der Waals surface area contributed by atoms with Crippen LogP contribution in [0.1, 0.15) is 19.3 Å². The third-order valence-electron chi connectivity index (χ3n) is 9.79. The fourth-order valence-corrected chi connectivity index (χ4v) is 7.33. The van der Waals surface area contributed by atoms with E-state index in [-0.39, 0.29) is 12.1 Å². The maximum Gasteiger partial charge on any atom is 0.323 e. The smallest absolute Gasteiger partial charge is 0.323 e. The van der Waals surface area contributed by atoms with Crippen molar-refractivity contribution in [3.05, 3.63) is 54.6 Å². The number of carbonyl (C=O) groups excluding carboxylic acids is 1. The van der Waals surface area contributed by atoms with Crippen LogP contribution in [0.2, 0.25) is 0 Å². The van der Waals surface area contributed by atoms with Crippen molar-refractivity contribution in [3.63, 3.8) is 0 Å². The molecule has 0 saturated carbocycles.